The molecule has 0 spiro atoms. The molecule has 0 fully saturated rings. The second-order valence-electron chi connectivity index (χ2n) is 9.97. The fraction of sp³-hybridized carbons (Fsp3) is 0.128. The van der Waals surface area contributed by atoms with Gasteiger partial charge in [0.2, 0.25) is 0 Å². The summed E-state index contributed by atoms with van der Waals surface area (Å²) in [4.78, 5) is 0. The van der Waals surface area contributed by atoms with Crippen LogP contribution in [0.2, 0.25) is 0 Å². The molecule has 6 aromatic carbocycles. The second kappa shape index (κ2) is 10.4. The van der Waals surface area contributed by atoms with E-state index >= 15 is 0 Å². The molecular formula is C39H34. The van der Waals surface area contributed by atoms with Crippen LogP contribution in [0.5, 0.6) is 0 Å². The van der Waals surface area contributed by atoms with Gasteiger partial charge in [-0.05, 0) is 96.6 Å². The van der Waals surface area contributed by atoms with Crippen molar-refractivity contribution in [2.24, 2.45) is 0 Å². The smallest absolute Gasteiger partial charge is 0.00139 e. The third-order valence-electron chi connectivity index (χ3n) is 7.90. The van der Waals surface area contributed by atoms with Crippen molar-refractivity contribution in [3.8, 4) is 33.4 Å². The van der Waals surface area contributed by atoms with Crippen LogP contribution in [-0.4, -0.2) is 0 Å². The average molecular weight is 503 g/mol. The van der Waals surface area contributed by atoms with Crippen LogP contribution in [0.4, 0.5) is 0 Å². The molecule has 0 saturated heterocycles. The maximum absolute atomic E-state index is 2.47. The summed E-state index contributed by atoms with van der Waals surface area (Å²) in [5, 5.41) is 5.29. The van der Waals surface area contributed by atoms with Crippen LogP contribution in [-0.2, 0) is 0 Å². The highest BCUT2D eigenvalue weighted by atomic mass is 14.3. The lowest BCUT2D eigenvalue weighted by Crippen LogP contribution is -1.92. The molecule has 0 heterocycles. The molecule has 0 heteroatoms. The Morgan fingerprint density at radius 1 is 0.513 bits per heavy atom. The molecule has 190 valence electrons. The second-order valence-corrected chi connectivity index (χ2v) is 9.97. The molecule has 0 atom stereocenters. The quantitative estimate of drug-likeness (QED) is 0.211. The Labute approximate surface area is 232 Å². The molecule has 0 radical (unpaired) electrons. The summed E-state index contributed by atoms with van der Waals surface area (Å²) in [5.41, 5.74) is 13.3. The fourth-order valence-electron chi connectivity index (χ4n) is 6.29. The van der Waals surface area contributed by atoms with E-state index < -0.39 is 0 Å². The number of hydrogen-bond donors (Lipinski definition) is 0. The Bertz CT molecular complexity index is 1840. The molecule has 0 bridgehead atoms. The molecule has 0 N–H and O–H groups in total. The third-order valence-corrected chi connectivity index (χ3v) is 7.90. The van der Waals surface area contributed by atoms with Crippen LogP contribution in [0.25, 0.3) is 60.5 Å². The largest absolute Gasteiger partial charge is 0.0763 e. The van der Waals surface area contributed by atoms with E-state index in [2.05, 4.69) is 135 Å². The zero-order valence-electron chi connectivity index (χ0n) is 23.3. The van der Waals surface area contributed by atoms with Crippen molar-refractivity contribution in [2.45, 2.75) is 34.1 Å². The lowest BCUT2D eigenvalue weighted by atomic mass is 9.88. The van der Waals surface area contributed by atoms with Gasteiger partial charge < -0.3 is 0 Å². The molecule has 0 aromatic heterocycles. The first-order valence-corrected chi connectivity index (χ1v) is 14.2. The van der Waals surface area contributed by atoms with Crippen molar-refractivity contribution in [3.05, 3.63) is 138 Å². The first-order chi connectivity index (χ1) is 19.3. The standard InChI is InChI=1S/C37H28.C2H6/c1-3-12-32-35-24(2)28-20-19-27-17-10-11-18-29(27)33(28)23-34(35)37-31(26-15-8-5-9-16-26)22-21-30(36(32)37)25-13-6-4-7-14-25;1-2/h4-23H,3H2,1-2H3;1-2H3/b32-12+;. The summed E-state index contributed by atoms with van der Waals surface area (Å²) in [6.45, 7) is 8.56. The van der Waals surface area contributed by atoms with Gasteiger partial charge in [-0.1, -0.05) is 136 Å². The van der Waals surface area contributed by atoms with Crippen LogP contribution in [0.15, 0.2) is 121 Å². The number of fused-ring (bicyclic) bond motifs is 6. The van der Waals surface area contributed by atoms with E-state index in [1.54, 1.807) is 0 Å². The first kappa shape index (κ1) is 24.9. The molecule has 0 amide bonds. The van der Waals surface area contributed by atoms with Crippen LogP contribution < -0.4 is 0 Å². The summed E-state index contributed by atoms with van der Waals surface area (Å²) in [5.74, 6) is 0. The summed E-state index contributed by atoms with van der Waals surface area (Å²) >= 11 is 0. The Kier molecular flexibility index (Phi) is 6.63. The molecular weight excluding hydrogens is 468 g/mol. The minimum atomic E-state index is 0.993. The van der Waals surface area contributed by atoms with Crippen molar-refractivity contribution in [2.75, 3.05) is 0 Å². The number of rotatable bonds is 3. The van der Waals surface area contributed by atoms with Crippen molar-refractivity contribution >= 4 is 27.1 Å². The van der Waals surface area contributed by atoms with E-state index in [-0.39, 0.29) is 0 Å². The molecule has 0 saturated carbocycles. The number of aryl methyl sites for hydroxylation is 1. The summed E-state index contributed by atoms with van der Waals surface area (Å²) < 4.78 is 0. The lowest BCUT2D eigenvalue weighted by Gasteiger charge is -2.15. The minimum absolute atomic E-state index is 0.993. The highest BCUT2D eigenvalue weighted by Gasteiger charge is 2.31. The Morgan fingerprint density at radius 2 is 1.10 bits per heavy atom. The van der Waals surface area contributed by atoms with Gasteiger partial charge >= 0.3 is 0 Å². The van der Waals surface area contributed by atoms with Gasteiger partial charge in [-0.25, -0.2) is 0 Å². The molecule has 0 nitrogen and oxygen atoms in total. The zero-order valence-corrected chi connectivity index (χ0v) is 23.3. The highest BCUT2D eigenvalue weighted by Crippen LogP contribution is 2.55. The summed E-state index contributed by atoms with van der Waals surface area (Å²) in [6.07, 6.45) is 3.43. The van der Waals surface area contributed by atoms with Gasteiger partial charge in [-0.2, -0.15) is 0 Å². The van der Waals surface area contributed by atoms with Crippen molar-refractivity contribution < 1.29 is 0 Å². The fourth-order valence-corrected chi connectivity index (χ4v) is 6.29. The predicted molar refractivity (Wildman–Crippen MR) is 171 cm³/mol. The van der Waals surface area contributed by atoms with Gasteiger partial charge in [0, 0.05) is 0 Å². The summed E-state index contributed by atoms with van der Waals surface area (Å²) in [7, 11) is 0. The van der Waals surface area contributed by atoms with Gasteiger partial charge in [0.05, 0.1) is 0 Å². The van der Waals surface area contributed by atoms with Crippen LogP contribution >= 0.6 is 0 Å². The summed E-state index contributed by atoms with van der Waals surface area (Å²) in [6, 6.07) is 42.2. The lowest BCUT2D eigenvalue weighted by molar-refractivity contribution is 1.23. The maximum atomic E-state index is 2.47. The molecule has 0 unspecified atom stereocenters. The van der Waals surface area contributed by atoms with Crippen molar-refractivity contribution in [1.82, 2.24) is 0 Å². The number of allylic oxidation sites excluding steroid dienone is 1. The van der Waals surface area contributed by atoms with E-state index in [0.717, 1.165) is 6.42 Å². The molecule has 6 aromatic rings. The molecule has 1 aliphatic carbocycles. The van der Waals surface area contributed by atoms with Crippen molar-refractivity contribution in [1.29, 1.82) is 0 Å². The van der Waals surface area contributed by atoms with Gasteiger partial charge in [0.1, 0.15) is 0 Å². The monoisotopic (exact) mass is 502 g/mol. The highest BCUT2D eigenvalue weighted by molar-refractivity contribution is 6.18. The normalized spacial score (nSPS) is 12.8. The van der Waals surface area contributed by atoms with Gasteiger partial charge in [0.15, 0.2) is 0 Å². The topological polar surface area (TPSA) is 0 Å². The SMILES string of the molecule is CC.CC/C=C1/c2c(-c3ccccc3)ccc(-c3ccccc3)c2-c2cc3c(ccc4ccccc43)c(C)c21. The first-order valence-electron chi connectivity index (χ1n) is 14.2. The van der Waals surface area contributed by atoms with Crippen molar-refractivity contribution in [3.63, 3.8) is 0 Å². The third kappa shape index (κ3) is 3.99. The van der Waals surface area contributed by atoms with E-state index in [9.17, 15) is 0 Å². The van der Waals surface area contributed by atoms with Crippen LogP contribution in [0, 0.1) is 6.92 Å². The zero-order chi connectivity index (χ0) is 26.9. The van der Waals surface area contributed by atoms with E-state index in [1.165, 1.54) is 77.2 Å². The predicted octanol–water partition coefficient (Wildman–Crippen LogP) is 11.5. The molecule has 0 aliphatic heterocycles. The molecule has 7 rings (SSSR count). The maximum Gasteiger partial charge on any atom is -0.00139 e. The molecule has 1 aliphatic rings. The average Bonchev–Trinajstić information content (AvgIpc) is 3.33. The van der Waals surface area contributed by atoms with E-state index in [0.29, 0.717) is 0 Å². The van der Waals surface area contributed by atoms with Crippen LogP contribution in [0.1, 0.15) is 43.9 Å². The molecule has 39 heavy (non-hydrogen) atoms. The van der Waals surface area contributed by atoms with Gasteiger partial charge in [-0.15, -0.1) is 0 Å². The van der Waals surface area contributed by atoms with Gasteiger partial charge in [-0.3, -0.25) is 0 Å². The Balaban J connectivity index is 0.00000135. The minimum Gasteiger partial charge on any atom is -0.0763 e. The Hall–Kier alpha value is -4.42. The number of hydrogen-bond acceptors (Lipinski definition) is 0. The van der Waals surface area contributed by atoms with E-state index in [1.807, 2.05) is 13.8 Å². The van der Waals surface area contributed by atoms with Gasteiger partial charge in [0.25, 0.3) is 0 Å². The number of benzene rings is 6. The van der Waals surface area contributed by atoms with Crippen LogP contribution in [0.3, 0.4) is 0 Å². The Morgan fingerprint density at radius 3 is 1.74 bits per heavy atom. The van der Waals surface area contributed by atoms with E-state index in [4.69, 9.17) is 0 Å².